The van der Waals surface area contributed by atoms with Crippen LogP contribution in [-0.2, 0) is 0 Å². The Bertz CT molecular complexity index is 1070. The summed E-state index contributed by atoms with van der Waals surface area (Å²) in [5.74, 6) is 0.777. The zero-order valence-corrected chi connectivity index (χ0v) is 17.6. The summed E-state index contributed by atoms with van der Waals surface area (Å²) < 4.78 is 11.2. The quantitative estimate of drug-likeness (QED) is 0.346. The monoisotopic (exact) mass is 479 g/mol. The Hall–Kier alpha value is -3.11. The van der Waals surface area contributed by atoms with E-state index in [0.29, 0.717) is 27.9 Å². The molecule has 0 radical (unpaired) electrons. The van der Waals surface area contributed by atoms with Crippen LogP contribution in [0.2, 0.25) is 5.02 Å². The van der Waals surface area contributed by atoms with Crippen LogP contribution in [0.1, 0.15) is 0 Å². The number of hydrogen-bond acceptors (Lipinski definition) is 8. The van der Waals surface area contributed by atoms with Crippen molar-refractivity contribution in [2.24, 2.45) is 0 Å². The molecule has 1 aromatic heterocycles. The van der Waals surface area contributed by atoms with Gasteiger partial charge in [-0.25, -0.2) is 9.97 Å². The van der Waals surface area contributed by atoms with Crippen LogP contribution in [0.15, 0.2) is 47.2 Å². The van der Waals surface area contributed by atoms with E-state index in [1.165, 1.54) is 26.6 Å². The molecule has 0 aliphatic rings. The molecule has 3 rings (SSSR count). The number of benzene rings is 2. The number of nitrogens with zero attached hydrogens (tertiary/aromatic N) is 3. The van der Waals surface area contributed by atoms with Gasteiger partial charge in [0.2, 0.25) is 11.6 Å². The number of nitro groups is 1. The van der Waals surface area contributed by atoms with Crippen LogP contribution in [0.5, 0.6) is 11.5 Å². The number of ether oxygens (including phenoxy) is 2. The number of hydrogen-bond donors (Lipinski definition) is 2. The Morgan fingerprint density at radius 1 is 1.03 bits per heavy atom. The molecule has 0 amide bonds. The molecule has 150 valence electrons. The molecule has 0 unspecified atom stereocenters. The largest absolute Gasteiger partial charge is 0.495 e. The Balaban J connectivity index is 2.04. The number of para-hydroxylation sites is 1. The highest BCUT2D eigenvalue weighted by atomic mass is 79.9. The van der Waals surface area contributed by atoms with Gasteiger partial charge in [-0.3, -0.25) is 10.1 Å². The summed E-state index contributed by atoms with van der Waals surface area (Å²) in [4.78, 5) is 19.3. The van der Waals surface area contributed by atoms with E-state index in [-0.39, 0.29) is 17.3 Å². The van der Waals surface area contributed by atoms with E-state index in [2.05, 4.69) is 36.5 Å². The van der Waals surface area contributed by atoms with E-state index in [1.807, 2.05) is 6.07 Å². The van der Waals surface area contributed by atoms with Gasteiger partial charge in [-0.05, 0) is 34.1 Å². The molecule has 0 saturated heterocycles. The fraction of sp³-hybridized carbons (Fsp3) is 0.111. The molecule has 9 nitrogen and oxygen atoms in total. The molecule has 29 heavy (non-hydrogen) atoms. The van der Waals surface area contributed by atoms with Crippen LogP contribution in [0.25, 0.3) is 0 Å². The molecule has 11 heteroatoms. The smallest absolute Gasteiger partial charge is 0.353 e. The second-order valence-electron chi connectivity index (χ2n) is 5.59. The second-order valence-corrected chi connectivity index (χ2v) is 6.86. The number of halogens is 2. The van der Waals surface area contributed by atoms with Gasteiger partial charge < -0.3 is 20.1 Å². The molecule has 0 bridgehead atoms. The minimum atomic E-state index is -0.570. The fourth-order valence-corrected chi connectivity index (χ4v) is 3.13. The lowest BCUT2D eigenvalue weighted by atomic mass is 10.2. The Morgan fingerprint density at radius 3 is 2.24 bits per heavy atom. The maximum absolute atomic E-state index is 11.8. The first-order valence-corrected chi connectivity index (χ1v) is 9.31. The number of nitrogens with one attached hydrogen (secondary N) is 2. The van der Waals surface area contributed by atoms with E-state index < -0.39 is 4.92 Å². The summed E-state index contributed by atoms with van der Waals surface area (Å²) in [7, 11) is 2.94. The zero-order chi connectivity index (χ0) is 21.0. The first kappa shape index (κ1) is 20.6. The van der Waals surface area contributed by atoms with Crippen LogP contribution in [-0.4, -0.2) is 29.1 Å². The molecule has 0 spiro atoms. The second kappa shape index (κ2) is 8.93. The first-order chi connectivity index (χ1) is 13.9. The maximum Gasteiger partial charge on any atom is 0.353 e. The fourth-order valence-electron chi connectivity index (χ4n) is 2.51. The predicted molar refractivity (Wildman–Crippen MR) is 114 cm³/mol. The molecule has 0 fully saturated rings. The molecular formula is C18H15BrClN5O4. The highest BCUT2D eigenvalue weighted by Crippen LogP contribution is 2.40. The Kier molecular flexibility index (Phi) is 6.35. The number of anilines is 4. The molecular weight excluding hydrogens is 466 g/mol. The average Bonchev–Trinajstić information content (AvgIpc) is 2.70. The molecule has 2 aromatic carbocycles. The van der Waals surface area contributed by atoms with E-state index in [4.69, 9.17) is 21.1 Å². The maximum atomic E-state index is 11.8. The Morgan fingerprint density at radius 2 is 1.66 bits per heavy atom. The normalized spacial score (nSPS) is 10.3. The summed E-state index contributed by atoms with van der Waals surface area (Å²) in [6.07, 6.45) is 1.21. The highest BCUT2D eigenvalue weighted by Gasteiger charge is 2.25. The summed E-state index contributed by atoms with van der Waals surface area (Å²) >= 11 is 9.57. The van der Waals surface area contributed by atoms with Crippen LogP contribution in [0.4, 0.5) is 28.7 Å². The minimum Gasteiger partial charge on any atom is -0.495 e. The summed E-state index contributed by atoms with van der Waals surface area (Å²) in [5, 5.41) is 17.9. The van der Waals surface area contributed by atoms with Gasteiger partial charge in [-0.15, -0.1) is 0 Å². The lowest BCUT2D eigenvalue weighted by Gasteiger charge is -2.14. The molecule has 0 aliphatic heterocycles. The zero-order valence-electron chi connectivity index (χ0n) is 15.3. The van der Waals surface area contributed by atoms with Gasteiger partial charge in [-0.2, -0.15) is 0 Å². The molecule has 0 aliphatic carbocycles. The molecule has 1 heterocycles. The van der Waals surface area contributed by atoms with Gasteiger partial charge in [0.1, 0.15) is 17.8 Å². The van der Waals surface area contributed by atoms with Gasteiger partial charge in [0.25, 0.3) is 0 Å². The van der Waals surface area contributed by atoms with E-state index in [9.17, 15) is 10.1 Å². The van der Waals surface area contributed by atoms with Gasteiger partial charge in [0.05, 0.1) is 35.5 Å². The molecule has 2 N–H and O–H groups in total. The third kappa shape index (κ3) is 4.49. The summed E-state index contributed by atoms with van der Waals surface area (Å²) in [6.45, 7) is 0. The van der Waals surface area contributed by atoms with Crippen molar-refractivity contribution in [1.82, 2.24) is 9.97 Å². The van der Waals surface area contributed by atoms with Gasteiger partial charge in [0, 0.05) is 10.5 Å². The lowest BCUT2D eigenvalue weighted by Crippen LogP contribution is -2.06. The third-order valence-electron chi connectivity index (χ3n) is 3.86. The SMILES string of the molecule is COc1cc(OC)c(Nc2ncnc(Nc3ccccc3Br)c2[N+](=O)[O-])cc1Cl. The molecule has 3 aromatic rings. The van der Waals surface area contributed by atoms with Gasteiger partial charge in [0.15, 0.2) is 0 Å². The van der Waals surface area contributed by atoms with Crippen LogP contribution < -0.4 is 20.1 Å². The molecule has 0 saturated carbocycles. The predicted octanol–water partition coefficient (Wildman–Crippen LogP) is 5.31. The van der Waals surface area contributed by atoms with E-state index >= 15 is 0 Å². The number of aromatic nitrogens is 2. The van der Waals surface area contributed by atoms with Crippen LogP contribution in [0, 0.1) is 10.1 Å². The van der Waals surface area contributed by atoms with Gasteiger partial charge >= 0.3 is 5.69 Å². The topological polar surface area (TPSA) is 111 Å². The summed E-state index contributed by atoms with van der Waals surface area (Å²) in [6, 6.07) is 10.3. The highest BCUT2D eigenvalue weighted by molar-refractivity contribution is 9.10. The van der Waals surface area contributed by atoms with Crippen molar-refractivity contribution in [3.05, 3.63) is 62.3 Å². The van der Waals surface area contributed by atoms with Crippen molar-refractivity contribution in [2.75, 3.05) is 24.9 Å². The minimum absolute atomic E-state index is 0.0259. The van der Waals surface area contributed by atoms with Gasteiger partial charge in [-0.1, -0.05) is 23.7 Å². The van der Waals surface area contributed by atoms with Crippen molar-refractivity contribution in [2.45, 2.75) is 0 Å². The summed E-state index contributed by atoms with van der Waals surface area (Å²) in [5.41, 5.74) is 0.662. The van der Waals surface area contributed by atoms with Crippen molar-refractivity contribution in [3.63, 3.8) is 0 Å². The number of rotatable bonds is 7. The Labute approximate surface area is 179 Å². The lowest BCUT2D eigenvalue weighted by molar-refractivity contribution is -0.383. The van der Waals surface area contributed by atoms with E-state index in [1.54, 1.807) is 24.3 Å². The van der Waals surface area contributed by atoms with Crippen molar-refractivity contribution < 1.29 is 14.4 Å². The number of methoxy groups -OCH3 is 2. The molecule has 0 atom stereocenters. The van der Waals surface area contributed by atoms with Crippen molar-refractivity contribution >= 4 is 56.2 Å². The van der Waals surface area contributed by atoms with Crippen molar-refractivity contribution in [1.29, 1.82) is 0 Å². The average molecular weight is 481 g/mol. The van der Waals surface area contributed by atoms with E-state index in [0.717, 1.165) is 4.47 Å². The first-order valence-electron chi connectivity index (χ1n) is 8.14. The standard InChI is InChI=1S/C18H15BrClN5O4/c1-28-14-8-15(29-2)13(7-11(14)20)24-18-16(25(26)27)17(21-9-22-18)23-12-6-4-3-5-10(12)19/h3-9H,1-2H3,(H2,21,22,23,24). The third-order valence-corrected chi connectivity index (χ3v) is 4.85. The van der Waals surface area contributed by atoms with Crippen LogP contribution >= 0.6 is 27.5 Å². The van der Waals surface area contributed by atoms with Crippen molar-refractivity contribution in [3.8, 4) is 11.5 Å². The van der Waals surface area contributed by atoms with Crippen LogP contribution in [0.3, 0.4) is 0 Å².